The van der Waals surface area contributed by atoms with Crippen molar-refractivity contribution in [1.29, 1.82) is 0 Å². The number of amides is 1. The largest absolute Gasteiger partial charge is 0.487 e. The Balaban J connectivity index is 1.26. The van der Waals surface area contributed by atoms with E-state index in [0.29, 0.717) is 17.1 Å². The lowest BCUT2D eigenvalue weighted by molar-refractivity contribution is -0.0336. The summed E-state index contributed by atoms with van der Waals surface area (Å²) in [5, 5.41) is 3.15. The van der Waals surface area contributed by atoms with Crippen molar-refractivity contribution in [2.24, 2.45) is 0 Å². The van der Waals surface area contributed by atoms with Crippen molar-refractivity contribution in [2.75, 3.05) is 26.2 Å². The van der Waals surface area contributed by atoms with E-state index in [9.17, 15) is 4.79 Å². The lowest BCUT2D eigenvalue weighted by atomic mass is 9.81. The van der Waals surface area contributed by atoms with Crippen LogP contribution in [0.2, 0.25) is 5.02 Å². The molecule has 7 heteroatoms. The number of likely N-dealkylation sites (tertiary alicyclic amines) is 1. The van der Waals surface area contributed by atoms with Gasteiger partial charge in [-0.3, -0.25) is 9.08 Å². The molecule has 0 aromatic heterocycles. The van der Waals surface area contributed by atoms with Crippen molar-refractivity contribution in [2.45, 2.75) is 56.6 Å². The number of benzene rings is 2. The van der Waals surface area contributed by atoms with E-state index in [0.717, 1.165) is 61.7 Å². The van der Waals surface area contributed by atoms with Gasteiger partial charge in [0, 0.05) is 25.7 Å². The van der Waals surface area contributed by atoms with Crippen LogP contribution in [0.4, 0.5) is 0 Å². The SMILES string of the molecule is O=C(NCCOCl)c1ccc(-c2ccc3c(c2)CCC2(CCN(C4CCC4)CC2)O3)cc1Cl. The average Bonchev–Trinajstić information content (AvgIpc) is 2.79. The third kappa shape index (κ3) is 4.88. The van der Waals surface area contributed by atoms with Gasteiger partial charge in [0.15, 0.2) is 0 Å². The van der Waals surface area contributed by atoms with Crippen LogP contribution in [-0.4, -0.2) is 48.7 Å². The van der Waals surface area contributed by atoms with Gasteiger partial charge >= 0.3 is 0 Å². The van der Waals surface area contributed by atoms with E-state index in [1.807, 2.05) is 12.1 Å². The molecule has 0 bridgehead atoms. The standard InChI is InChI=1S/C26H30Cl2N2O3/c27-23-17-19(4-6-22(23)25(31)29-12-15-32-28)18-5-7-24-20(16-18)8-9-26(33-24)10-13-30(14-11-26)21-2-1-3-21/h4-7,16-17,21H,1-3,8-15H2,(H,29,31). The molecule has 0 radical (unpaired) electrons. The van der Waals surface area contributed by atoms with Gasteiger partial charge in [0.05, 0.1) is 29.1 Å². The molecule has 1 N–H and O–H groups in total. The minimum atomic E-state index is -0.243. The second kappa shape index (κ2) is 9.83. The maximum atomic E-state index is 12.3. The van der Waals surface area contributed by atoms with Crippen LogP contribution >= 0.6 is 23.5 Å². The topological polar surface area (TPSA) is 50.8 Å². The average molecular weight is 489 g/mol. The fourth-order valence-electron chi connectivity index (χ4n) is 5.28. The van der Waals surface area contributed by atoms with Crippen LogP contribution in [0.15, 0.2) is 36.4 Å². The summed E-state index contributed by atoms with van der Waals surface area (Å²) in [6.07, 6.45) is 8.50. The van der Waals surface area contributed by atoms with Gasteiger partial charge in [-0.2, -0.15) is 0 Å². The van der Waals surface area contributed by atoms with Crippen molar-refractivity contribution in [1.82, 2.24) is 10.2 Å². The van der Waals surface area contributed by atoms with Gasteiger partial charge in [0.2, 0.25) is 0 Å². The Bertz CT molecular complexity index is 1020. The van der Waals surface area contributed by atoms with Gasteiger partial charge in [-0.1, -0.05) is 30.2 Å². The monoisotopic (exact) mass is 488 g/mol. The second-order valence-electron chi connectivity index (χ2n) is 9.49. The quantitative estimate of drug-likeness (QED) is 0.536. The number of aryl methyl sites for hydroxylation is 1. The van der Waals surface area contributed by atoms with Crippen LogP contribution < -0.4 is 10.1 Å². The summed E-state index contributed by atoms with van der Waals surface area (Å²) in [6, 6.07) is 12.8. The molecule has 1 aliphatic carbocycles. The number of carbonyl (C=O) groups is 1. The van der Waals surface area contributed by atoms with Gasteiger partial charge in [-0.25, -0.2) is 0 Å². The van der Waals surface area contributed by atoms with E-state index < -0.39 is 0 Å². The molecule has 1 saturated heterocycles. The van der Waals surface area contributed by atoms with Crippen LogP contribution in [0.1, 0.15) is 54.4 Å². The highest BCUT2D eigenvalue weighted by atomic mass is 35.5. The first-order valence-corrected chi connectivity index (χ1v) is 12.6. The molecular weight excluding hydrogens is 459 g/mol. The molecule has 2 heterocycles. The van der Waals surface area contributed by atoms with E-state index >= 15 is 0 Å². The van der Waals surface area contributed by atoms with Crippen molar-refractivity contribution >= 4 is 29.4 Å². The molecule has 2 fully saturated rings. The molecule has 1 saturated carbocycles. The van der Waals surface area contributed by atoms with E-state index in [1.54, 1.807) is 6.07 Å². The first-order valence-electron chi connectivity index (χ1n) is 11.9. The molecule has 33 heavy (non-hydrogen) atoms. The van der Waals surface area contributed by atoms with Crippen LogP contribution in [0.5, 0.6) is 5.75 Å². The third-order valence-electron chi connectivity index (χ3n) is 7.55. The molecule has 2 aromatic carbocycles. The number of piperidine rings is 1. The number of ether oxygens (including phenoxy) is 1. The Morgan fingerprint density at radius 3 is 2.58 bits per heavy atom. The molecule has 2 aromatic rings. The molecule has 5 nitrogen and oxygen atoms in total. The highest BCUT2D eigenvalue weighted by Crippen LogP contribution is 2.42. The van der Waals surface area contributed by atoms with E-state index in [-0.39, 0.29) is 18.1 Å². The highest BCUT2D eigenvalue weighted by Gasteiger charge is 2.41. The van der Waals surface area contributed by atoms with Crippen molar-refractivity contribution in [3.05, 3.63) is 52.5 Å². The first kappa shape index (κ1) is 23.0. The molecular formula is C26H30Cl2N2O3. The number of halogens is 2. The summed E-state index contributed by atoms with van der Waals surface area (Å²) in [5.41, 5.74) is 3.75. The van der Waals surface area contributed by atoms with Crippen LogP contribution in [0.3, 0.4) is 0 Å². The predicted octanol–water partition coefficient (Wildman–Crippen LogP) is 5.62. The van der Waals surface area contributed by atoms with Crippen molar-refractivity contribution in [3.63, 3.8) is 0 Å². The molecule has 1 spiro atoms. The number of nitrogens with one attached hydrogen (secondary N) is 1. The van der Waals surface area contributed by atoms with E-state index in [2.05, 4.69) is 32.7 Å². The number of hydrogen-bond acceptors (Lipinski definition) is 4. The normalized spacial score (nSPS) is 20.1. The summed E-state index contributed by atoms with van der Waals surface area (Å²) < 4.78 is 11.1. The highest BCUT2D eigenvalue weighted by molar-refractivity contribution is 6.34. The number of hydrogen-bond donors (Lipinski definition) is 1. The number of carbonyl (C=O) groups excluding carboxylic acids is 1. The summed E-state index contributed by atoms with van der Waals surface area (Å²) in [6.45, 7) is 2.89. The summed E-state index contributed by atoms with van der Waals surface area (Å²) in [7, 11) is 0. The van der Waals surface area contributed by atoms with Gasteiger partial charge in [0.1, 0.15) is 11.4 Å². The minimum Gasteiger partial charge on any atom is -0.487 e. The Morgan fingerprint density at radius 1 is 1.12 bits per heavy atom. The zero-order valence-electron chi connectivity index (χ0n) is 18.7. The number of fused-ring (bicyclic) bond motifs is 1. The predicted molar refractivity (Wildman–Crippen MR) is 131 cm³/mol. The van der Waals surface area contributed by atoms with E-state index in [4.69, 9.17) is 28.2 Å². The van der Waals surface area contributed by atoms with Gasteiger partial charge in [-0.15, -0.1) is 0 Å². The zero-order chi connectivity index (χ0) is 22.8. The number of nitrogens with zero attached hydrogens (tertiary/aromatic N) is 1. The fraction of sp³-hybridized carbons (Fsp3) is 0.500. The third-order valence-corrected chi connectivity index (χ3v) is 8.02. The maximum absolute atomic E-state index is 12.3. The molecule has 176 valence electrons. The first-order chi connectivity index (χ1) is 16.1. The molecule has 5 rings (SSSR count). The summed E-state index contributed by atoms with van der Waals surface area (Å²) >= 11 is 11.6. The minimum absolute atomic E-state index is 0.00157. The van der Waals surface area contributed by atoms with Crippen molar-refractivity contribution in [3.8, 4) is 16.9 Å². The molecule has 1 amide bonds. The van der Waals surface area contributed by atoms with E-state index in [1.165, 1.54) is 24.8 Å². The van der Waals surface area contributed by atoms with Gasteiger partial charge in [-0.05, 0) is 79.5 Å². The number of rotatable bonds is 6. The Morgan fingerprint density at radius 2 is 1.88 bits per heavy atom. The molecule has 3 aliphatic rings. The Hall–Kier alpha value is -1.79. The van der Waals surface area contributed by atoms with Crippen LogP contribution in [0, 0.1) is 0 Å². The van der Waals surface area contributed by atoms with Crippen molar-refractivity contribution < 1.29 is 13.8 Å². The molecule has 0 atom stereocenters. The smallest absolute Gasteiger partial charge is 0.252 e. The zero-order valence-corrected chi connectivity index (χ0v) is 20.3. The fourth-order valence-corrected chi connectivity index (χ4v) is 5.62. The van der Waals surface area contributed by atoms with Crippen LogP contribution in [0.25, 0.3) is 11.1 Å². The maximum Gasteiger partial charge on any atom is 0.252 e. The lowest BCUT2D eigenvalue weighted by Gasteiger charge is -2.48. The Kier molecular flexibility index (Phi) is 6.84. The second-order valence-corrected chi connectivity index (χ2v) is 10.1. The Labute approximate surface area is 205 Å². The molecule has 0 unspecified atom stereocenters. The van der Waals surface area contributed by atoms with Crippen LogP contribution in [-0.2, 0) is 10.7 Å². The lowest BCUT2D eigenvalue weighted by Crippen LogP contribution is -2.53. The summed E-state index contributed by atoms with van der Waals surface area (Å²) in [5.74, 6) is 0.776. The van der Waals surface area contributed by atoms with Gasteiger partial charge in [0.25, 0.3) is 5.91 Å². The summed E-state index contributed by atoms with van der Waals surface area (Å²) in [4.78, 5) is 15.0. The molecule has 2 aliphatic heterocycles. The van der Waals surface area contributed by atoms with Gasteiger partial charge < -0.3 is 15.0 Å².